The zero-order chi connectivity index (χ0) is 21.8. The number of fused-ring (bicyclic) bond motifs is 3. The lowest BCUT2D eigenvalue weighted by atomic mass is 10.0. The van der Waals surface area contributed by atoms with E-state index in [1.165, 1.54) is 6.92 Å². The zero-order valence-electron chi connectivity index (χ0n) is 16.4. The summed E-state index contributed by atoms with van der Waals surface area (Å²) in [6.45, 7) is -0.0644. The number of hydrogen-bond donors (Lipinski definition) is 2. The maximum atomic E-state index is 14.4. The third-order valence-corrected chi connectivity index (χ3v) is 8.00. The summed E-state index contributed by atoms with van der Waals surface area (Å²) in [6, 6.07) is 13.8. The SMILES string of the molecule is CC(CC(=O)OCCO)(C(=O)OCCO)P1(=O)Oc2ccccc2-c2ccccc21. The first-order chi connectivity index (χ1) is 14.4. The molecule has 2 unspecified atom stereocenters. The van der Waals surface area contributed by atoms with Crippen molar-refractivity contribution in [2.24, 2.45) is 0 Å². The van der Waals surface area contributed by atoms with Gasteiger partial charge in [0.15, 0.2) is 5.16 Å². The number of rotatable bonds is 8. The molecule has 0 spiro atoms. The van der Waals surface area contributed by atoms with E-state index in [2.05, 4.69) is 0 Å². The highest BCUT2D eigenvalue weighted by molar-refractivity contribution is 7.70. The lowest BCUT2D eigenvalue weighted by Crippen LogP contribution is -2.45. The minimum atomic E-state index is -4.06. The zero-order valence-corrected chi connectivity index (χ0v) is 17.3. The van der Waals surface area contributed by atoms with Gasteiger partial charge in [0.25, 0.3) is 7.37 Å². The number of aliphatic hydroxyl groups excluding tert-OH is 2. The fraction of sp³-hybridized carbons (Fsp3) is 0.333. The van der Waals surface area contributed by atoms with Crippen LogP contribution in [-0.4, -0.2) is 53.7 Å². The molecule has 2 N–H and O–H groups in total. The molecule has 0 fully saturated rings. The van der Waals surface area contributed by atoms with Crippen LogP contribution in [0.4, 0.5) is 0 Å². The number of carbonyl (C=O) groups is 2. The Morgan fingerprint density at radius 2 is 1.57 bits per heavy atom. The molecule has 0 bridgehead atoms. The van der Waals surface area contributed by atoms with E-state index in [9.17, 15) is 14.2 Å². The first-order valence-corrected chi connectivity index (χ1v) is 11.0. The summed E-state index contributed by atoms with van der Waals surface area (Å²) in [4.78, 5) is 25.4. The third-order valence-electron chi connectivity index (χ3n) is 4.88. The van der Waals surface area contributed by atoms with Gasteiger partial charge in [-0.05, 0) is 24.6 Å². The van der Waals surface area contributed by atoms with E-state index in [0.29, 0.717) is 22.2 Å². The number of aliphatic hydroxyl groups is 2. The number of hydrogen-bond acceptors (Lipinski definition) is 8. The maximum absolute atomic E-state index is 14.4. The number of benzene rings is 2. The highest BCUT2D eigenvalue weighted by atomic mass is 31.2. The summed E-state index contributed by atoms with van der Waals surface area (Å²) < 4.78 is 30.4. The van der Waals surface area contributed by atoms with Crippen LogP contribution >= 0.6 is 7.37 Å². The van der Waals surface area contributed by atoms with E-state index >= 15 is 0 Å². The predicted octanol–water partition coefficient (Wildman–Crippen LogP) is 1.87. The smallest absolute Gasteiger partial charge is 0.323 e. The molecule has 2 aromatic rings. The summed E-state index contributed by atoms with van der Waals surface area (Å²) in [5.41, 5.74) is 1.35. The minimum absolute atomic E-state index is 0.259. The summed E-state index contributed by atoms with van der Waals surface area (Å²) in [5.74, 6) is -1.46. The van der Waals surface area contributed by atoms with Crippen molar-refractivity contribution in [3.63, 3.8) is 0 Å². The molecular formula is C21H23O8P. The normalized spacial score (nSPS) is 18.9. The van der Waals surface area contributed by atoms with Crippen LogP contribution in [0.1, 0.15) is 13.3 Å². The standard InChI is InChI=1S/C21H23O8P/c1-21(20(25)28-13-11-23,14-19(24)27-12-10-22)30(26)18-9-5-3-7-16(18)15-6-2-4-8-17(15)29-30/h2-9,22-23H,10-14H2,1H3. The Morgan fingerprint density at radius 1 is 0.967 bits per heavy atom. The molecule has 0 amide bonds. The molecular weight excluding hydrogens is 411 g/mol. The highest BCUT2D eigenvalue weighted by Gasteiger charge is 2.58. The molecule has 8 nitrogen and oxygen atoms in total. The van der Waals surface area contributed by atoms with Crippen molar-refractivity contribution < 1.29 is 38.4 Å². The fourth-order valence-corrected chi connectivity index (χ4v) is 6.07. The van der Waals surface area contributed by atoms with Crippen molar-refractivity contribution in [1.82, 2.24) is 0 Å². The van der Waals surface area contributed by atoms with E-state index in [0.717, 1.165) is 0 Å². The van der Waals surface area contributed by atoms with Crippen LogP contribution in [-0.2, 0) is 23.6 Å². The van der Waals surface area contributed by atoms with Crippen LogP contribution in [0.5, 0.6) is 5.75 Å². The molecule has 30 heavy (non-hydrogen) atoms. The summed E-state index contributed by atoms with van der Waals surface area (Å²) in [5, 5.41) is 16.3. The minimum Gasteiger partial charge on any atom is -0.463 e. The molecule has 9 heteroatoms. The molecule has 0 radical (unpaired) electrons. The van der Waals surface area contributed by atoms with Gasteiger partial charge in [0.05, 0.1) is 24.9 Å². The van der Waals surface area contributed by atoms with Gasteiger partial charge in [-0.2, -0.15) is 0 Å². The Hall–Kier alpha value is -2.67. The van der Waals surface area contributed by atoms with Gasteiger partial charge in [-0.1, -0.05) is 36.4 Å². The Labute approximate surface area is 173 Å². The number of esters is 2. The largest absolute Gasteiger partial charge is 0.463 e. The molecule has 2 atom stereocenters. The second-order valence-corrected chi connectivity index (χ2v) is 9.66. The molecule has 0 saturated carbocycles. The first-order valence-electron chi connectivity index (χ1n) is 9.40. The van der Waals surface area contributed by atoms with Gasteiger partial charge in [0.2, 0.25) is 0 Å². The van der Waals surface area contributed by atoms with Gasteiger partial charge in [-0.25, -0.2) is 0 Å². The first kappa shape index (κ1) is 22.0. The summed E-state index contributed by atoms with van der Waals surface area (Å²) in [6.07, 6.45) is -0.592. The van der Waals surface area contributed by atoms with E-state index < -0.39 is 37.5 Å². The van der Waals surface area contributed by atoms with Gasteiger partial charge in [-0.3, -0.25) is 14.2 Å². The molecule has 0 aliphatic carbocycles. The lowest BCUT2D eigenvalue weighted by Gasteiger charge is -2.38. The molecule has 2 aromatic carbocycles. The average Bonchev–Trinajstić information content (AvgIpc) is 2.76. The van der Waals surface area contributed by atoms with Crippen LogP contribution in [0, 0.1) is 0 Å². The lowest BCUT2D eigenvalue weighted by molar-refractivity contribution is -0.154. The monoisotopic (exact) mass is 434 g/mol. The second kappa shape index (κ2) is 9.00. The number of carbonyl (C=O) groups excluding carboxylic acids is 2. The van der Waals surface area contributed by atoms with Crippen LogP contribution in [0.25, 0.3) is 11.1 Å². The van der Waals surface area contributed by atoms with Crippen molar-refractivity contribution in [2.75, 3.05) is 26.4 Å². The van der Waals surface area contributed by atoms with Crippen molar-refractivity contribution in [3.8, 4) is 16.9 Å². The Bertz CT molecular complexity index is 988. The quantitative estimate of drug-likeness (QED) is 0.477. The van der Waals surface area contributed by atoms with Crippen molar-refractivity contribution >= 4 is 24.6 Å². The van der Waals surface area contributed by atoms with Crippen molar-refractivity contribution in [3.05, 3.63) is 48.5 Å². The molecule has 0 saturated heterocycles. The van der Waals surface area contributed by atoms with E-state index in [-0.39, 0.29) is 19.8 Å². The number of para-hydroxylation sites is 1. The van der Waals surface area contributed by atoms with Gasteiger partial charge in [-0.15, -0.1) is 0 Å². The van der Waals surface area contributed by atoms with Gasteiger partial charge < -0.3 is 24.2 Å². The summed E-state index contributed by atoms with van der Waals surface area (Å²) in [7, 11) is -4.06. The molecule has 160 valence electrons. The van der Waals surface area contributed by atoms with Crippen molar-refractivity contribution in [1.29, 1.82) is 0 Å². The fourth-order valence-electron chi connectivity index (χ4n) is 3.36. The molecule has 1 heterocycles. The Balaban J connectivity index is 2.13. The van der Waals surface area contributed by atoms with Gasteiger partial charge >= 0.3 is 11.9 Å². The van der Waals surface area contributed by atoms with Crippen LogP contribution < -0.4 is 9.83 Å². The maximum Gasteiger partial charge on any atom is 0.323 e. The predicted molar refractivity (Wildman–Crippen MR) is 109 cm³/mol. The van der Waals surface area contributed by atoms with E-state index in [1.807, 2.05) is 12.1 Å². The highest BCUT2D eigenvalue weighted by Crippen LogP contribution is 2.64. The average molecular weight is 434 g/mol. The number of ether oxygens (including phenoxy) is 2. The summed E-state index contributed by atoms with van der Waals surface area (Å²) >= 11 is 0. The molecule has 0 aromatic heterocycles. The second-order valence-electron chi connectivity index (χ2n) is 6.91. The van der Waals surface area contributed by atoms with Gasteiger partial charge in [0.1, 0.15) is 19.0 Å². The topological polar surface area (TPSA) is 119 Å². The van der Waals surface area contributed by atoms with E-state index in [4.69, 9.17) is 24.2 Å². The van der Waals surface area contributed by atoms with Crippen LogP contribution in [0.3, 0.4) is 0 Å². The Morgan fingerprint density at radius 3 is 2.27 bits per heavy atom. The Kier molecular flexibility index (Phi) is 6.61. The molecule has 3 rings (SSSR count). The molecule has 1 aliphatic heterocycles. The molecule has 1 aliphatic rings. The third kappa shape index (κ3) is 3.86. The van der Waals surface area contributed by atoms with Crippen LogP contribution in [0.15, 0.2) is 48.5 Å². The van der Waals surface area contributed by atoms with Crippen LogP contribution in [0.2, 0.25) is 0 Å². The van der Waals surface area contributed by atoms with E-state index in [1.54, 1.807) is 36.4 Å². The van der Waals surface area contributed by atoms with Gasteiger partial charge in [0, 0.05) is 5.56 Å². The van der Waals surface area contributed by atoms with Crippen molar-refractivity contribution in [2.45, 2.75) is 18.5 Å².